The first-order chi connectivity index (χ1) is 10.2. The molecular formula is C17H24ClIN2. The molecule has 1 atom stereocenters. The molecule has 0 fully saturated rings. The zero-order valence-electron chi connectivity index (χ0n) is 12.9. The van der Waals surface area contributed by atoms with Gasteiger partial charge in [0.05, 0.1) is 11.0 Å². The minimum atomic E-state index is 0.631. The molecule has 0 aliphatic heterocycles. The Morgan fingerprint density at radius 1 is 1.33 bits per heavy atom. The lowest BCUT2D eigenvalue weighted by Gasteiger charge is -2.17. The Morgan fingerprint density at radius 2 is 2.14 bits per heavy atom. The number of benzene rings is 1. The molecule has 116 valence electrons. The highest BCUT2D eigenvalue weighted by atomic mass is 127. The van der Waals surface area contributed by atoms with Crippen LogP contribution in [0.25, 0.3) is 11.0 Å². The molecule has 2 nitrogen and oxygen atoms in total. The fraction of sp³-hybridized carbons (Fsp3) is 0.588. The smallest absolute Gasteiger partial charge is 0.111 e. The molecule has 0 radical (unpaired) electrons. The summed E-state index contributed by atoms with van der Waals surface area (Å²) in [5.74, 6) is 2.50. The van der Waals surface area contributed by atoms with Gasteiger partial charge < -0.3 is 4.57 Å². The predicted octanol–water partition coefficient (Wildman–Crippen LogP) is 5.64. The Morgan fingerprint density at radius 3 is 2.81 bits per heavy atom. The Kier molecular flexibility index (Phi) is 6.80. The summed E-state index contributed by atoms with van der Waals surface area (Å²) in [4.78, 5) is 4.80. The maximum atomic E-state index is 5.97. The van der Waals surface area contributed by atoms with E-state index in [2.05, 4.69) is 59.2 Å². The number of nitrogens with zero attached hydrogens (tertiary/aromatic N) is 2. The SMILES string of the molecule is CCCCC(CC)Cn1c(CCCl)nc2cc(I)ccc21. The standard InChI is InChI=1S/C17H24ClIN2/c1-3-5-6-13(4-2)12-21-16-8-7-14(19)11-15(16)20-17(21)9-10-18/h7-8,11,13H,3-6,9-10,12H2,1-2H3. The van der Waals surface area contributed by atoms with Crippen LogP contribution in [-0.2, 0) is 13.0 Å². The highest BCUT2D eigenvalue weighted by Crippen LogP contribution is 2.23. The largest absolute Gasteiger partial charge is 0.328 e. The Labute approximate surface area is 146 Å². The first kappa shape index (κ1) is 17.1. The highest BCUT2D eigenvalue weighted by Gasteiger charge is 2.14. The van der Waals surface area contributed by atoms with E-state index in [9.17, 15) is 0 Å². The lowest BCUT2D eigenvalue weighted by molar-refractivity contribution is 0.390. The number of alkyl halides is 1. The van der Waals surface area contributed by atoms with Gasteiger partial charge in [-0.05, 0) is 53.1 Å². The summed E-state index contributed by atoms with van der Waals surface area (Å²) in [6, 6.07) is 6.53. The number of fused-ring (bicyclic) bond motifs is 1. The Bertz CT molecular complexity index is 579. The number of rotatable bonds is 8. The van der Waals surface area contributed by atoms with Crippen LogP contribution in [0.15, 0.2) is 18.2 Å². The van der Waals surface area contributed by atoms with Crippen molar-refractivity contribution in [3.05, 3.63) is 27.6 Å². The zero-order chi connectivity index (χ0) is 15.2. The van der Waals surface area contributed by atoms with Crippen LogP contribution in [0, 0.1) is 9.49 Å². The number of halogens is 2. The third-order valence-corrected chi connectivity index (χ3v) is 4.95. The van der Waals surface area contributed by atoms with Gasteiger partial charge in [-0.25, -0.2) is 4.98 Å². The van der Waals surface area contributed by atoms with E-state index in [1.807, 2.05) is 0 Å². The molecule has 2 rings (SSSR count). The van der Waals surface area contributed by atoms with Crippen LogP contribution in [0.2, 0.25) is 0 Å². The van der Waals surface area contributed by atoms with Crippen LogP contribution in [0.1, 0.15) is 45.4 Å². The minimum Gasteiger partial charge on any atom is -0.328 e. The lowest BCUT2D eigenvalue weighted by atomic mass is 9.99. The van der Waals surface area contributed by atoms with E-state index in [4.69, 9.17) is 16.6 Å². The van der Waals surface area contributed by atoms with Crippen molar-refractivity contribution < 1.29 is 0 Å². The summed E-state index contributed by atoms with van der Waals surface area (Å²) in [5.41, 5.74) is 2.36. The molecule has 1 aromatic heterocycles. The normalized spacial score (nSPS) is 13.0. The summed E-state index contributed by atoms with van der Waals surface area (Å²) in [7, 11) is 0. The number of hydrogen-bond acceptors (Lipinski definition) is 1. The highest BCUT2D eigenvalue weighted by molar-refractivity contribution is 14.1. The number of unbranched alkanes of at least 4 members (excludes halogenated alkanes) is 1. The molecule has 0 saturated carbocycles. The van der Waals surface area contributed by atoms with Crippen LogP contribution < -0.4 is 0 Å². The van der Waals surface area contributed by atoms with E-state index >= 15 is 0 Å². The van der Waals surface area contributed by atoms with Crippen LogP contribution in [0.3, 0.4) is 0 Å². The van der Waals surface area contributed by atoms with Crippen molar-refractivity contribution in [3.8, 4) is 0 Å². The molecule has 1 unspecified atom stereocenters. The van der Waals surface area contributed by atoms with Crippen molar-refractivity contribution in [1.29, 1.82) is 0 Å². The number of hydrogen-bond donors (Lipinski definition) is 0. The molecule has 4 heteroatoms. The maximum Gasteiger partial charge on any atom is 0.111 e. The maximum absolute atomic E-state index is 5.97. The van der Waals surface area contributed by atoms with Gasteiger partial charge in [-0.2, -0.15) is 0 Å². The Balaban J connectivity index is 2.32. The van der Waals surface area contributed by atoms with E-state index in [0.29, 0.717) is 5.88 Å². The fourth-order valence-electron chi connectivity index (χ4n) is 2.81. The van der Waals surface area contributed by atoms with E-state index < -0.39 is 0 Å². The van der Waals surface area contributed by atoms with Gasteiger partial charge in [0.25, 0.3) is 0 Å². The lowest BCUT2D eigenvalue weighted by Crippen LogP contribution is -2.13. The van der Waals surface area contributed by atoms with E-state index in [-0.39, 0.29) is 0 Å². The molecule has 0 aliphatic rings. The van der Waals surface area contributed by atoms with Crippen LogP contribution >= 0.6 is 34.2 Å². The summed E-state index contributed by atoms with van der Waals surface area (Å²) in [6.45, 7) is 5.63. The summed E-state index contributed by atoms with van der Waals surface area (Å²) in [6.07, 6.45) is 5.96. The van der Waals surface area contributed by atoms with Gasteiger partial charge >= 0.3 is 0 Å². The molecule has 0 amide bonds. The van der Waals surface area contributed by atoms with Gasteiger partial charge in [0, 0.05) is 22.4 Å². The molecule has 2 aromatic rings. The molecule has 0 aliphatic carbocycles. The average Bonchev–Trinajstić information content (AvgIpc) is 2.80. The topological polar surface area (TPSA) is 17.8 Å². The molecule has 21 heavy (non-hydrogen) atoms. The number of aryl methyl sites for hydroxylation is 1. The van der Waals surface area contributed by atoms with Crippen LogP contribution in [0.5, 0.6) is 0 Å². The molecule has 0 saturated heterocycles. The third kappa shape index (κ3) is 4.35. The van der Waals surface area contributed by atoms with Crippen molar-refractivity contribution in [2.24, 2.45) is 5.92 Å². The summed E-state index contributed by atoms with van der Waals surface area (Å²) < 4.78 is 3.64. The number of imidazole rings is 1. The van der Waals surface area contributed by atoms with Crippen molar-refractivity contribution in [2.75, 3.05) is 5.88 Å². The predicted molar refractivity (Wildman–Crippen MR) is 100 cm³/mol. The van der Waals surface area contributed by atoms with Gasteiger partial charge in [0.15, 0.2) is 0 Å². The van der Waals surface area contributed by atoms with Crippen LogP contribution in [0.4, 0.5) is 0 Å². The molecular weight excluding hydrogens is 395 g/mol. The third-order valence-electron chi connectivity index (χ3n) is 4.09. The monoisotopic (exact) mass is 418 g/mol. The second-order valence-electron chi connectivity index (χ2n) is 5.63. The van der Waals surface area contributed by atoms with Gasteiger partial charge in [-0.1, -0.05) is 33.1 Å². The van der Waals surface area contributed by atoms with E-state index in [1.165, 1.54) is 34.8 Å². The molecule has 1 aromatic carbocycles. The summed E-state index contributed by atoms with van der Waals surface area (Å²) in [5, 5.41) is 0. The molecule has 0 N–H and O–H groups in total. The van der Waals surface area contributed by atoms with Crippen molar-refractivity contribution >= 4 is 45.2 Å². The first-order valence-electron chi connectivity index (χ1n) is 7.90. The van der Waals surface area contributed by atoms with Gasteiger partial charge in [0.2, 0.25) is 0 Å². The van der Waals surface area contributed by atoms with Gasteiger partial charge in [-0.15, -0.1) is 11.6 Å². The number of aromatic nitrogens is 2. The molecule has 1 heterocycles. The molecule has 0 spiro atoms. The van der Waals surface area contributed by atoms with Crippen LogP contribution in [-0.4, -0.2) is 15.4 Å². The second kappa shape index (κ2) is 8.37. The summed E-state index contributed by atoms with van der Waals surface area (Å²) >= 11 is 8.31. The first-order valence-corrected chi connectivity index (χ1v) is 9.51. The van der Waals surface area contributed by atoms with Crippen molar-refractivity contribution in [1.82, 2.24) is 9.55 Å². The van der Waals surface area contributed by atoms with E-state index in [1.54, 1.807) is 0 Å². The fourth-order valence-corrected chi connectivity index (χ4v) is 3.45. The van der Waals surface area contributed by atoms with Gasteiger partial charge in [-0.3, -0.25) is 0 Å². The van der Waals surface area contributed by atoms with E-state index in [0.717, 1.165) is 30.2 Å². The Hall–Kier alpha value is -0.290. The zero-order valence-corrected chi connectivity index (χ0v) is 15.8. The van der Waals surface area contributed by atoms with Crippen molar-refractivity contribution in [2.45, 2.75) is 52.5 Å². The van der Waals surface area contributed by atoms with Crippen molar-refractivity contribution in [3.63, 3.8) is 0 Å². The quantitative estimate of drug-likeness (QED) is 0.401. The minimum absolute atomic E-state index is 0.631. The second-order valence-corrected chi connectivity index (χ2v) is 7.25. The average molecular weight is 419 g/mol. The molecule has 0 bridgehead atoms. The van der Waals surface area contributed by atoms with Gasteiger partial charge in [0.1, 0.15) is 5.82 Å².